The molecule has 0 saturated heterocycles. The van der Waals surface area contributed by atoms with Crippen molar-refractivity contribution < 1.29 is 9.18 Å². The molecule has 2 aromatic heterocycles. The quantitative estimate of drug-likeness (QED) is 0.545. The number of anilines is 1. The number of hydrogen-bond acceptors (Lipinski definition) is 6. The summed E-state index contributed by atoms with van der Waals surface area (Å²) in [5.41, 5.74) is 1.32. The van der Waals surface area contributed by atoms with Gasteiger partial charge < -0.3 is 5.32 Å². The summed E-state index contributed by atoms with van der Waals surface area (Å²) in [6, 6.07) is 11.3. The van der Waals surface area contributed by atoms with Crippen LogP contribution >= 0.6 is 0 Å². The molecule has 0 atom stereocenters. The number of nitrogens with one attached hydrogen (secondary N) is 1. The van der Waals surface area contributed by atoms with Gasteiger partial charge in [0.2, 0.25) is 5.91 Å². The van der Waals surface area contributed by atoms with Crippen molar-refractivity contribution in [2.75, 3.05) is 5.32 Å². The normalized spacial score (nSPS) is 13.5. The summed E-state index contributed by atoms with van der Waals surface area (Å²) in [4.78, 5) is 29.0. The van der Waals surface area contributed by atoms with Crippen LogP contribution in [-0.4, -0.2) is 35.7 Å². The molecule has 150 valence electrons. The van der Waals surface area contributed by atoms with Gasteiger partial charge in [0.1, 0.15) is 12.4 Å². The van der Waals surface area contributed by atoms with Crippen molar-refractivity contribution in [3.63, 3.8) is 0 Å². The molecule has 10 heteroatoms. The van der Waals surface area contributed by atoms with Crippen LogP contribution in [0.3, 0.4) is 0 Å². The lowest BCUT2D eigenvalue weighted by molar-refractivity contribution is -0.116. The van der Waals surface area contributed by atoms with Gasteiger partial charge in [-0.15, -0.1) is 5.10 Å². The Hall–Kier alpha value is -3.95. The predicted molar refractivity (Wildman–Crippen MR) is 106 cm³/mol. The topological polar surface area (TPSA) is 108 Å². The molecule has 0 aliphatic heterocycles. The fourth-order valence-corrected chi connectivity index (χ4v) is 3.25. The van der Waals surface area contributed by atoms with Gasteiger partial charge >= 0.3 is 0 Å². The van der Waals surface area contributed by atoms with Crippen LogP contribution in [0.25, 0.3) is 22.3 Å². The smallest absolute Gasteiger partial charge is 0.261 e. The minimum absolute atomic E-state index is 0.128. The molecular weight excluding hydrogens is 389 g/mol. The van der Waals surface area contributed by atoms with Gasteiger partial charge in [0, 0.05) is 11.3 Å². The maximum absolute atomic E-state index is 13.4. The van der Waals surface area contributed by atoms with Gasteiger partial charge in [0.05, 0.1) is 23.3 Å². The number of carbonyl (C=O) groups is 1. The Morgan fingerprint density at radius 2 is 1.97 bits per heavy atom. The van der Waals surface area contributed by atoms with Crippen molar-refractivity contribution in [2.45, 2.75) is 25.4 Å². The molecule has 2 heterocycles. The number of fused-ring (bicyclic) bond motifs is 1. The number of rotatable bonds is 5. The molecule has 1 fully saturated rings. The van der Waals surface area contributed by atoms with E-state index in [2.05, 4.69) is 25.8 Å². The molecule has 1 N–H and O–H groups in total. The lowest BCUT2D eigenvalue weighted by Gasteiger charge is -2.09. The molecule has 0 radical (unpaired) electrons. The molecule has 5 rings (SSSR count). The molecule has 1 aliphatic carbocycles. The van der Waals surface area contributed by atoms with Gasteiger partial charge in [0.25, 0.3) is 5.56 Å². The molecular formula is C20H16FN7O2. The second-order valence-electron chi connectivity index (χ2n) is 7.14. The zero-order valence-electron chi connectivity index (χ0n) is 15.7. The van der Waals surface area contributed by atoms with E-state index in [0.29, 0.717) is 23.1 Å². The Morgan fingerprint density at radius 3 is 2.73 bits per heavy atom. The SMILES string of the molecule is O=C(Cn1cnc2ccc(F)cc2c1=O)Nc1ccc(-c2nnnn2C2CC2)cc1. The molecule has 0 bridgehead atoms. The average molecular weight is 405 g/mol. The summed E-state index contributed by atoms with van der Waals surface area (Å²) < 4.78 is 16.4. The molecule has 4 aromatic rings. The van der Waals surface area contributed by atoms with Crippen molar-refractivity contribution >= 4 is 22.5 Å². The first-order chi connectivity index (χ1) is 14.6. The minimum atomic E-state index is -0.531. The van der Waals surface area contributed by atoms with E-state index in [1.54, 1.807) is 12.1 Å². The predicted octanol–water partition coefficient (Wildman–Crippen LogP) is 2.16. The number of hydrogen-bond donors (Lipinski definition) is 1. The van der Waals surface area contributed by atoms with Crippen molar-refractivity contribution in [3.05, 3.63) is 65.0 Å². The van der Waals surface area contributed by atoms with Crippen LogP contribution in [0.4, 0.5) is 10.1 Å². The maximum Gasteiger partial charge on any atom is 0.261 e. The Morgan fingerprint density at radius 1 is 1.17 bits per heavy atom. The monoisotopic (exact) mass is 405 g/mol. The fraction of sp³-hybridized carbons (Fsp3) is 0.200. The number of aromatic nitrogens is 6. The zero-order chi connectivity index (χ0) is 20.7. The molecule has 9 nitrogen and oxygen atoms in total. The third-order valence-corrected chi connectivity index (χ3v) is 4.91. The van der Waals surface area contributed by atoms with Crippen LogP contribution in [0.1, 0.15) is 18.9 Å². The van der Waals surface area contributed by atoms with E-state index in [0.717, 1.165) is 29.0 Å². The van der Waals surface area contributed by atoms with E-state index in [4.69, 9.17) is 0 Å². The number of benzene rings is 2. The average Bonchev–Trinajstić information content (AvgIpc) is 3.47. The summed E-state index contributed by atoms with van der Waals surface area (Å²) in [5.74, 6) is -0.238. The number of halogens is 1. The van der Waals surface area contributed by atoms with Gasteiger partial charge in [-0.1, -0.05) is 0 Å². The standard InChI is InChI=1S/C20H16FN7O2/c21-13-3-8-17-16(9-13)20(30)27(11-22-17)10-18(29)23-14-4-1-12(2-5-14)19-24-25-26-28(19)15-6-7-15/h1-5,8-9,11,15H,6-7,10H2,(H,23,29). The second kappa shape index (κ2) is 7.14. The van der Waals surface area contributed by atoms with Crippen LogP contribution < -0.4 is 10.9 Å². The van der Waals surface area contributed by atoms with E-state index in [1.807, 2.05) is 16.8 Å². The Balaban J connectivity index is 1.31. The first-order valence-corrected chi connectivity index (χ1v) is 9.41. The lowest BCUT2D eigenvalue weighted by Crippen LogP contribution is -2.28. The van der Waals surface area contributed by atoms with E-state index in [1.165, 1.54) is 18.5 Å². The van der Waals surface area contributed by atoms with Gasteiger partial charge in [0.15, 0.2) is 5.82 Å². The van der Waals surface area contributed by atoms with Crippen molar-refractivity contribution in [1.29, 1.82) is 0 Å². The zero-order valence-corrected chi connectivity index (χ0v) is 15.7. The van der Waals surface area contributed by atoms with Gasteiger partial charge in [-0.05, 0) is 65.7 Å². The van der Waals surface area contributed by atoms with Crippen LogP contribution in [0.5, 0.6) is 0 Å². The number of carbonyl (C=O) groups excluding carboxylic acids is 1. The highest BCUT2D eigenvalue weighted by molar-refractivity contribution is 5.91. The van der Waals surface area contributed by atoms with Crippen molar-refractivity contribution in [2.24, 2.45) is 0 Å². The molecule has 1 amide bonds. The van der Waals surface area contributed by atoms with Crippen LogP contribution in [0.15, 0.2) is 53.6 Å². The number of tetrazole rings is 1. The van der Waals surface area contributed by atoms with Crippen molar-refractivity contribution in [1.82, 2.24) is 29.8 Å². The molecule has 1 aliphatic rings. The van der Waals surface area contributed by atoms with Crippen LogP contribution in [0, 0.1) is 5.82 Å². The van der Waals surface area contributed by atoms with E-state index >= 15 is 0 Å². The molecule has 2 aromatic carbocycles. The van der Waals surface area contributed by atoms with E-state index in [9.17, 15) is 14.0 Å². The summed E-state index contributed by atoms with van der Waals surface area (Å²) in [7, 11) is 0. The van der Waals surface area contributed by atoms with Crippen LogP contribution in [0.2, 0.25) is 0 Å². The first-order valence-electron chi connectivity index (χ1n) is 9.41. The lowest BCUT2D eigenvalue weighted by atomic mass is 10.2. The van der Waals surface area contributed by atoms with Gasteiger partial charge in [-0.2, -0.15) is 0 Å². The maximum atomic E-state index is 13.4. The second-order valence-corrected chi connectivity index (χ2v) is 7.14. The third-order valence-electron chi connectivity index (χ3n) is 4.91. The summed E-state index contributed by atoms with van der Waals surface area (Å²) >= 11 is 0. The molecule has 0 unspecified atom stereocenters. The Bertz CT molecular complexity index is 1310. The van der Waals surface area contributed by atoms with Gasteiger partial charge in [-0.25, -0.2) is 14.1 Å². The third kappa shape index (κ3) is 3.43. The highest BCUT2D eigenvalue weighted by Crippen LogP contribution is 2.36. The fourth-order valence-electron chi connectivity index (χ4n) is 3.25. The summed E-state index contributed by atoms with van der Waals surface area (Å²) in [5, 5.41) is 14.7. The largest absolute Gasteiger partial charge is 0.325 e. The highest BCUT2D eigenvalue weighted by Gasteiger charge is 2.28. The Labute approximate surface area is 169 Å². The van der Waals surface area contributed by atoms with E-state index in [-0.39, 0.29) is 11.9 Å². The molecule has 1 saturated carbocycles. The Kier molecular flexibility index (Phi) is 4.31. The number of amides is 1. The summed E-state index contributed by atoms with van der Waals surface area (Å²) in [6.45, 7) is -0.236. The molecule has 0 spiro atoms. The number of nitrogens with zero attached hydrogens (tertiary/aromatic N) is 6. The minimum Gasteiger partial charge on any atom is -0.325 e. The van der Waals surface area contributed by atoms with E-state index < -0.39 is 17.3 Å². The highest BCUT2D eigenvalue weighted by atomic mass is 19.1. The molecule has 30 heavy (non-hydrogen) atoms. The van der Waals surface area contributed by atoms with Crippen LogP contribution in [-0.2, 0) is 11.3 Å². The first kappa shape index (κ1) is 18.1. The van der Waals surface area contributed by atoms with Gasteiger partial charge in [-0.3, -0.25) is 14.2 Å². The van der Waals surface area contributed by atoms with Crippen molar-refractivity contribution in [3.8, 4) is 11.4 Å². The summed E-state index contributed by atoms with van der Waals surface area (Å²) in [6.07, 6.45) is 3.42.